The summed E-state index contributed by atoms with van der Waals surface area (Å²) in [6, 6.07) is 23.1. The Kier molecular flexibility index (Phi) is 6.54. The van der Waals surface area contributed by atoms with Gasteiger partial charge in [0.25, 0.3) is 11.8 Å². The van der Waals surface area contributed by atoms with E-state index >= 15 is 0 Å². The van der Waals surface area contributed by atoms with E-state index in [0.29, 0.717) is 11.4 Å². The Balaban J connectivity index is 1.58. The number of hydrogen-bond donors (Lipinski definition) is 0. The molecule has 3 amide bonds. The molecule has 1 atom stereocenters. The summed E-state index contributed by atoms with van der Waals surface area (Å²) >= 11 is 0. The number of hydrogen-bond acceptors (Lipinski definition) is 4. The minimum Gasteiger partial charge on any atom is -0.484 e. The van der Waals surface area contributed by atoms with Crippen LogP contribution in [0.2, 0.25) is 0 Å². The highest BCUT2D eigenvalue weighted by Gasteiger charge is 2.44. The van der Waals surface area contributed by atoms with Gasteiger partial charge in [-0.25, -0.2) is 4.90 Å². The fourth-order valence-corrected chi connectivity index (χ4v) is 3.83. The molecule has 0 aliphatic carbocycles. The molecule has 3 aromatic carbocycles. The van der Waals surface area contributed by atoms with Gasteiger partial charge in [0.15, 0.2) is 6.61 Å². The average Bonchev–Trinajstić information content (AvgIpc) is 3.12. The van der Waals surface area contributed by atoms with Gasteiger partial charge in [0, 0.05) is 6.54 Å². The maximum atomic E-state index is 13.3. The maximum Gasteiger partial charge on any atom is 0.261 e. The molecule has 33 heavy (non-hydrogen) atoms. The highest BCUT2D eigenvalue weighted by Crippen LogP contribution is 2.27. The molecule has 1 unspecified atom stereocenters. The highest BCUT2D eigenvalue weighted by atomic mass is 16.5. The van der Waals surface area contributed by atoms with Gasteiger partial charge in [0.1, 0.15) is 11.8 Å². The Morgan fingerprint density at radius 3 is 2.15 bits per heavy atom. The third kappa shape index (κ3) is 5.12. The van der Waals surface area contributed by atoms with Crippen LogP contribution >= 0.6 is 0 Å². The number of anilines is 1. The van der Waals surface area contributed by atoms with Gasteiger partial charge in [-0.2, -0.15) is 0 Å². The van der Waals surface area contributed by atoms with Gasteiger partial charge in [0.05, 0.1) is 12.1 Å². The smallest absolute Gasteiger partial charge is 0.261 e. The van der Waals surface area contributed by atoms with Gasteiger partial charge >= 0.3 is 0 Å². The van der Waals surface area contributed by atoms with Crippen molar-refractivity contribution >= 4 is 23.4 Å². The molecule has 6 nitrogen and oxygen atoms in total. The fourth-order valence-electron chi connectivity index (χ4n) is 3.83. The molecule has 1 aliphatic heterocycles. The zero-order chi connectivity index (χ0) is 23.4. The monoisotopic (exact) mass is 442 g/mol. The first-order chi connectivity index (χ1) is 15.9. The lowest BCUT2D eigenvalue weighted by Gasteiger charge is -2.28. The fraction of sp³-hybridized carbons (Fsp3) is 0.222. The van der Waals surface area contributed by atoms with Crippen molar-refractivity contribution in [2.75, 3.05) is 11.5 Å². The number of para-hydroxylation sites is 1. The second kappa shape index (κ2) is 9.69. The van der Waals surface area contributed by atoms with Gasteiger partial charge in [-0.05, 0) is 43.7 Å². The van der Waals surface area contributed by atoms with E-state index in [4.69, 9.17) is 4.74 Å². The maximum absolute atomic E-state index is 13.3. The van der Waals surface area contributed by atoms with Crippen molar-refractivity contribution in [1.82, 2.24) is 4.90 Å². The molecule has 0 spiro atoms. The summed E-state index contributed by atoms with van der Waals surface area (Å²) in [4.78, 5) is 42.0. The summed E-state index contributed by atoms with van der Waals surface area (Å²) in [6.45, 7) is 3.91. The van der Waals surface area contributed by atoms with E-state index in [2.05, 4.69) is 0 Å². The molecule has 1 aliphatic rings. The Hall–Kier alpha value is -3.93. The predicted octanol–water partition coefficient (Wildman–Crippen LogP) is 4.04. The van der Waals surface area contributed by atoms with Crippen LogP contribution in [0.15, 0.2) is 78.9 Å². The van der Waals surface area contributed by atoms with Crippen LogP contribution in [0.25, 0.3) is 0 Å². The molecule has 0 saturated carbocycles. The second-order valence-corrected chi connectivity index (χ2v) is 8.23. The van der Waals surface area contributed by atoms with Gasteiger partial charge in [-0.1, -0.05) is 65.7 Å². The van der Waals surface area contributed by atoms with E-state index in [1.165, 1.54) is 9.80 Å². The van der Waals surface area contributed by atoms with Crippen LogP contribution in [0.1, 0.15) is 23.1 Å². The quantitative estimate of drug-likeness (QED) is 0.518. The lowest BCUT2D eigenvalue weighted by atomic mass is 10.1. The van der Waals surface area contributed by atoms with Gasteiger partial charge in [-0.3, -0.25) is 14.4 Å². The number of ether oxygens (including phenoxy) is 1. The third-order valence-corrected chi connectivity index (χ3v) is 5.69. The summed E-state index contributed by atoms with van der Waals surface area (Å²) in [5, 5.41) is 0. The molecule has 0 bridgehead atoms. The van der Waals surface area contributed by atoms with Crippen LogP contribution in [0.3, 0.4) is 0 Å². The van der Waals surface area contributed by atoms with Crippen molar-refractivity contribution in [3.8, 4) is 5.75 Å². The van der Waals surface area contributed by atoms with E-state index in [1.807, 2.05) is 68.4 Å². The number of aryl methyl sites for hydroxylation is 2. The number of rotatable bonds is 7. The number of imide groups is 1. The SMILES string of the molecule is Cc1ccc(CN(C(=O)COc2ccccc2)C2CC(=O)N(c3ccc(C)cc3)C2=O)cc1. The summed E-state index contributed by atoms with van der Waals surface area (Å²) in [5.41, 5.74) is 3.52. The molecule has 1 heterocycles. The molecule has 168 valence electrons. The van der Waals surface area contributed by atoms with Crippen LogP contribution in [-0.2, 0) is 20.9 Å². The third-order valence-electron chi connectivity index (χ3n) is 5.69. The number of benzene rings is 3. The van der Waals surface area contributed by atoms with Crippen LogP contribution in [0.5, 0.6) is 5.75 Å². The van der Waals surface area contributed by atoms with Gasteiger partial charge in [-0.15, -0.1) is 0 Å². The molecule has 4 rings (SSSR count). The Bertz CT molecular complexity index is 1140. The Labute approximate surface area is 193 Å². The van der Waals surface area contributed by atoms with Gasteiger partial charge < -0.3 is 9.64 Å². The molecule has 0 aromatic heterocycles. The zero-order valence-corrected chi connectivity index (χ0v) is 18.7. The van der Waals surface area contributed by atoms with Crippen molar-refractivity contribution in [3.05, 3.63) is 95.6 Å². The van der Waals surface area contributed by atoms with Crippen molar-refractivity contribution in [2.24, 2.45) is 0 Å². The lowest BCUT2D eigenvalue weighted by molar-refractivity contribution is -0.140. The van der Waals surface area contributed by atoms with Gasteiger partial charge in [0.2, 0.25) is 5.91 Å². The summed E-state index contributed by atoms with van der Waals surface area (Å²) in [5.74, 6) is -0.504. The summed E-state index contributed by atoms with van der Waals surface area (Å²) in [6.07, 6.45) is -0.0599. The number of nitrogens with zero attached hydrogens (tertiary/aromatic N) is 2. The number of carbonyl (C=O) groups is 3. The molecule has 1 saturated heterocycles. The van der Waals surface area contributed by atoms with E-state index in [9.17, 15) is 14.4 Å². The van der Waals surface area contributed by atoms with Crippen molar-refractivity contribution in [1.29, 1.82) is 0 Å². The zero-order valence-electron chi connectivity index (χ0n) is 18.7. The minimum atomic E-state index is -0.882. The van der Waals surface area contributed by atoms with Crippen LogP contribution < -0.4 is 9.64 Å². The van der Waals surface area contributed by atoms with Crippen molar-refractivity contribution < 1.29 is 19.1 Å². The van der Waals surface area contributed by atoms with Crippen molar-refractivity contribution in [3.63, 3.8) is 0 Å². The molecule has 0 N–H and O–H groups in total. The Morgan fingerprint density at radius 1 is 0.909 bits per heavy atom. The molecule has 1 fully saturated rings. The van der Waals surface area contributed by atoms with Crippen LogP contribution in [0.4, 0.5) is 5.69 Å². The second-order valence-electron chi connectivity index (χ2n) is 8.23. The lowest BCUT2D eigenvalue weighted by Crippen LogP contribution is -2.46. The normalized spacial score (nSPS) is 15.6. The van der Waals surface area contributed by atoms with E-state index < -0.39 is 11.9 Å². The predicted molar refractivity (Wildman–Crippen MR) is 126 cm³/mol. The molecular formula is C27H26N2O4. The average molecular weight is 443 g/mol. The van der Waals surface area contributed by atoms with E-state index in [-0.39, 0.29) is 31.4 Å². The first-order valence-corrected chi connectivity index (χ1v) is 10.9. The highest BCUT2D eigenvalue weighted by molar-refractivity contribution is 6.23. The summed E-state index contributed by atoms with van der Waals surface area (Å²) in [7, 11) is 0. The standard InChI is InChI=1S/C27H26N2O4/c1-19-8-12-21(13-9-19)17-28(26(31)18-33-23-6-4-3-5-7-23)24-16-25(30)29(27(24)32)22-14-10-20(2)11-15-22/h3-15,24H,16-18H2,1-2H3. The number of carbonyl (C=O) groups excluding carboxylic acids is 3. The molecule has 3 aromatic rings. The molecular weight excluding hydrogens is 416 g/mol. The summed E-state index contributed by atoms with van der Waals surface area (Å²) < 4.78 is 5.65. The van der Waals surface area contributed by atoms with Crippen LogP contribution in [0, 0.1) is 13.8 Å². The molecule has 6 heteroatoms. The Morgan fingerprint density at radius 2 is 1.52 bits per heavy atom. The van der Waals surface area contributed by atoms with E-state index in [0.717, 1.165) is 16.7 Å². The van der Waals surface area contributed by atoms with Crippen molar-refractivity contribution in [2.45, 2.75) is 32.9 Å². The first-order valence-electron chi connectivity index (χ1n) is 10.9. The largest absolute Gasteiger partial charge is 0.484 e. The number of amides is 3. The minimum absolute atomic E-state index is 0.0599. The first kappa shape index (κ1) is 22.3. The molecule has 0 radical (unpaired) electrons. The van der Waals surface area contributed by atoms with E-state index in [1.54, 1.807) is 24.3 Å². The topological polar surface area (TPSA) is 66.9 Å². The van der Waals surface area contributed by atoms with Crippen LogP contribution in [-0.4, -0.2) is 35.3 Å².